The minimum absolute atomic E-state index is 0.0531. The molecule has 0 saturated carbocycles. The summed E-state index contributed by atoms with van der Waals surface area (Å²) in [6.07, 6.45) is 9.05. The zero-order valence-electron chi connectivity index (χ0n) is 17.3. The van der Waals surface area contributed by atoms with Gasteiger partial charge in [-0.05, 0) is 67.9 Å². The number of hydrogen-bond acceptors (Lipinski definition) is 4. The molecule has 156 valence electrons. The van der Waals surface area contributed by atoms with Gasteiger partial charge in [-0.15, -0.1) is 0 Å². The van der Waals surface area contributed by atoms with Crippen molar-refractivity contribution in [2.45, 2.75) is 25.3 Å². The van der Waals surface area contributed by atoms with E-state index in [1.165, 1.54) is 24.8 Å². The third-order valence-electron chi connectivity index (χ3n) is 5.72. The van der Waals surface area contributed by atoms with Gasteiger partial charge in [0.05, 0.1) is 19.5 Å². The first-order valence-corrected chi connectivity index (χ1v) is 10.5. The van der Waals surface area contributed by atoms with Gasteiger partial charge in [0.25, 0.3) is 5.91 Å². The van der Waals surface area contributed by atoms with Crippen molar-refractivity contribution >= 4 is 5.91 Å². The van der Waals surface area contributed by atoms with Crippen molar-refractivity contribution in [3.63, 3.8) is 0 Å². The van der Waals surface area contributed by atoms with E-state index in [0.717, 1.165) is 24.5 Å². The van der Waals surface area contributed by atoms with E-state index in [1.54, 1.807) is 19.6 Å². The predicted molar refractivity (Wildman–Crippen MR) is 117 cm³/mol. The Labute approximate surface area is 177 Å². The van der Waals surface area contributed by atoms with E-state index in [0.29, 0.717) is 12.1 Å². The molecule has 1 N–H and O–H groups in total. The van der Waals surface area contributed by atoms with Gasteiger partial charge in [-0.3, -0.25) is 9.69 Å². The lowest BCUT2D eigenvalue weighted by atomic mass is 10.0. The smallest absolute Gasteiger partial charge is 0.251 e. The summed E-state index contributed by atoms with van der Waals surface area (Å²) in [5.41, 5.74) is 2.84. The molecule has 1 aromatic heterocycles. The molecule has 1 aliphatic heterocycles. The maximum Gasteiger partial charge on any atom is 0.251 e. The summed E-state index contributed by atoms with van der Waals surface area (Å²) in [5.74, 6) is 0.792. The van der Waals surface area contributed by atoms with Crippen molar-refractivity contribution in [3.8, 4) is 11.4 Å². The maximum atomic E-state index is 12.8. The first-order chi connectivity index (χ1) is 14.7. The van der Waals surface area contributed by atoms with Gasteiger partial charge in [-0.25, -0.2) is 4.98 Å². The number of methoxy groups -OCH3 is 1. The number of piperidine rings is 1. The molecule has 2 heterocycles. The summed E-state index contributed by atoms with van der Waals surface area (Å²) in [6, 6.07) is 15.9. The largest absolute Gasteiger partial charge is 0.497 e. The number of amides is 1. The van der Waals surface area contributed by atoms with Crippen molar-refractivity contribution in [1.29, 1.82) is 0 Å². The minimum Gasteiger partial charge on any atom is -0.497 e. The maximum absolute atomic E-state index is 12.8. The Bertz CT molecular complexity index is 930. The minimum atomic E-state index is -0.0531. The van der Waals surface area contributed by atoms with Gasteiger partial charge in [0.1, 0.15) is 5.75 Å². The average Bonchev–Trinajstić information content (AvgIpc) is 3.35. The van der Waals surface area contributed by atoms with Crippen LogP contribution in [0.3, 0.4) is 0 Å². The van der Waals surface area contributed by atoms with Gasteiger partial charge in [0.2, 0.25) is 0 Å². The second-order valence-electron chi connectivity index (χ2n) is 7.61. The van der Waals surface area contributed by atoms with Gasteiger partial charge in [0, 0.05) is 30.2 Å². The van der Waals surface area contributed by atoms with Crippen LogP contribution in [0.4, 0.5) is 0 Å². The number of nitrogens with zero attached hydrogens (tertiary/aromatic N) is 3. The molecule has 0 bridgehead atoms. The van der Waals surface area contributed by atoms with E-state index in [4.69, 9.17) is 4.74 Å². The van der Waals surface area contributed by atoms with Gasteiger partial charge in [-0.2, -0.15) is 0 Å². The molecular formula is C24H28N4O2. The summed E-state index contributed by atoms with van der Waals surface area (Å²) in [7, 11) is 1.68. The number of benzene rings is 2. The van der Waals surface area contributed by atoms with Gasteiger partial charge in [-0.1, -0.05) is 18.6 Å². The van der Waals surface area contributed by atoms with Crippen LogP contribution in [0, 0.1) is 0 Å². The number of rotatable bonds is 7. The quantitative estimate of drug-likeness (QED) is 0.650. The number of aromatic nitrogens is 2. The molecule has 4 rings (SSSR count). The summed E-state index contributed by atoms with van der Waals surface area (Å²) in [5, 5.41) is 3.15. The number of carbonyl (C=O) groups is 1. The Kier molecular flexibility index (Phi) is 6.44. The molecule has 0 spiro atoms. The Hall–Kier alpha value is -3.12. The Morgan fingerprint density at radius 3 is 2.43 bits per heavy atom. The van der Waals surface area contributed by atoms with E-state index in [2.05, 4.69) is 27.3 Å². The lowest BCUT2D eigenvalue weighted by molar-refractivity contribution is 0.0924. The zero-order valence-corrected chi connectivity index (χ0v) is 17.3. The summed E-state index contributed by atoms with van der Waals surface area (Å²) >= 11 is 0. The van der Waals surface area contributed by atoms with Crippen LogP contribution in [0.25, 0.3) is 5.69 Å². The monoisotopic (exact) mass is 404 g/mol. The fourth-order valence-corrected chi connectivity index (χ4v) is 4.00. The Balaban J connectivity index is 1.45. The van der Waals surface area contributed by atoms with Crippen LogP contribution in [-0.4, -0.2) is 47.1 Å². The van der Waals surface area contributed by atoms with E-state index in [9.17, 15) is 4.79 Å². The molecule has 1 fully saturated rings. The van der Waals surface area contributed by atoms with Crippen molar-refractivity contribution in [3.05, 3.63) is 78.4 Å². The first kappa shape index (κ1) is 20.2. The van der Waals surface area contributed by atoms with E-state index < -0.39 is 0 Å². The van der Waals surface area contributed by atoms with Crippen LogP contribution >= 0.6 is 0 Å². The second kappa shape index (κ2) is 9.59. The van der Waals surface area contributed by atoms with Gasteiger partial charge >= 0.3 is 0 Å². The summed E-state index contributed by atoms with van der Waals surface area (Å²) in [6.45, 7) is 2.70. The lowest BCUT2D eigenvalue weighted by Gasteiger charge is -2.35. The van der Waals surface area contributed by atoms with E-state index >= 15 is 0 Å². The predicted octanol–water partition coefficient (Wildman–Crippen LogP) is 3.84. The van der Waals surface area contributed by atoms with Crippen molar-refractivity contribution < 1.29 is 9.53 Å². The molecule has 30 heavy (non-hydrogen) atoms. The number of imidazole rings is 1. The number of hydrogen-bond donors (Lipinski definition) is 1. The lowest BCUT2D eigenvalue weighted by Crippen LogP contribution is -2.40. The molecular weight excluding hydrogens is 376 g/mol. The van der Waals surface area contributed by atoms with Gasteiger partial charge < -0.3 is 14.6 Å². The fourth-order valence-electron chi connectivity index (χ4n) is 4.00. The zero-order chi connectivity index (χ0) is 20.8. The van der Waals surface area contributed by atoms with Crippen molar-refractivity contribution in [2.75, 3.05) is 26.7 Å². The van der Waals surface area contributed by atoms with Crippen LogP contribution in [0.5, 0.6) is 5.75 Å². The Morgan fingerprint density at radius 2 is 1.80 bits per heavy atom. The molecule has 1 aliphatic rings. The molecule has 6 nitrogen and oxygen atoms in total. The molecule has 0 aliphatic carbocycles. The highest BCUT2D eigenvalue weighted by molar-refractivity contribution is 5.94. The molecule has 2 aromatic carbocycles. The number of likely N-dealkylation sites (tertiary alicyclic amines) is 1. The SMILES string of the molecule is COc1ccc([C@H](CNC(=O)c2ccc(-n3ccnc3)cc2)N2CCCCC2)cc1. The molecule has 3 aromatic rings. The highest BCUT2D eigenvalue weighted by Gasteiger charge is 2.23. The summed E-state index contributed by atoms with van der Waals surface area (Å²) < 4.78 is 7.21. The number of nitrogens with one attached hydrogen (secondary N) is 1. The standard InChI is InChI=1S/C24H28N4O2/c1-30-22-11-7-19(8-12-22)23(27-14-3-2-4-15-27)17-26-24(29)20-5-9-21(10-6-20)28-16-13-25-18-28/h5-13,16,18,23H,2-4,14-15,17H2,1H3,(H,26,29)/t23-/m0/s1. The third-order valence-corrected chi connectivity index (χ3v) is 5.72. The molecule has 0 radical (unpaired) electrons. The highest BCUT2D eigenvalue weighted by Crippen LogP contribution is 2.26. The number of carbonyl (C=O) groups excluding carboxylic acids is 1. The Morgan fingerprint density at radius 1 is 1.07 bits per heavy atom. The van der Waals surface area contributed by atoms with Crippen LogP contribution in [0.15, 0.2) is 67.3 Å². The van der Waals surface area contributed by atoms with Crippen molar-refractivity contribution in [2.24, 2.45) is 0 Å². The number of ether oxygens (including phenoxy) is 1. The normalized spacial score (nSPS) is 15.5. The van der Waals surface area contributed by atoms with Gasteiger partial charge in [0.15, 0.2) is 0 Å². The first-order valence-electron chi connectivity index (χ1n) is 10.5. The highest BCUT2D eigenvalue weighted by atomic mass is 16.5. The van der Waals surface area contributed by atoms with E-state index in [1.807, 2.05) is 47.2 Å². The fraction of sp³-hybridized carbons (Fsp3) is 0.333. The molecule has 6 heteroatoms. The topological polar surface area (TPSA) is 59.4 Å². The molecule has 0 unspecified atom stereocenters. The van der Waals surface area contributed by atoms with Crippen molar-refractivity contribution in [1.82, 2.24) is 19.8 Å². The van der Waals surface area contributed by atoms with E-state index in [-0.39, 0.29) is 11.9 Å². The third kappa shape index (κ3) is 4.71. The average molecular weight is 405 g/mol. The molecule has 1 saturated heterocycles. The summed E-state index contributed by atoms with van der Waals surface area (Å²) in [4.78, 5) is 19.3. The van der Waals surface area contributed by atoms with Crippen LogP contribution in [0.1, 0.15) is 41.2 Å². The second-order valence-corrected chi connectivity index (χ2v) is 7.61. The molecule has 1 atom stereocenters. The van der Waals surface area contributed by atoms with Crippen LogP contribution in [-0.2, 0) is 0 Å². The molecule has 1 amide bonds. The van der Waals surface area contributed by atoms with Crippen LogP contribution < -0.4 is 10.1 Å². The van der Waals surface area contributed by atoms with Crippen LogP contribution in [0.2, 0.25) is 0 Å².